The van der Waals surface area contributed by atoms with Crippen LogP contribution in [0.25, 0.3) is 0 Å². The van der Waals surface area contributed by atoms with Gasteiger partial charge < -0.3 is 29.9 Å². The molecule has 4 heterocycles. The molecule has 20 heteroatoms. The molecule has 0 radical (unpaired) electrons. The van der Waals surface area contributed by atoms with E-state index in [9.17, 15) is 45.8 Å². The number of β-amino-alcohol motifs (C(OH)–C–C–N with tert-alkyl or cyclic N) is 1. The van der Waals surface area contributed by atoms with Gasteiger partial charge in [0, 0.05) is 41.2 Å². The van der Waals surface area contributed by atoms with Gasteiger partial charge in [0.2, 0.25) is 5.91 Å². The Kier molecular flexibility index (Phi) is 9.30. The molecule has 2 amide bonds. The molecule has 44 heavy (non-hydrogen) atoms. The molecule has 0 unspecified atom stereocenters. The van der Waals surface area contributed by atoms with Crippen LogP contribution in [-0.4, -0.2) is 103 Å². The third-order valence-corrected chi connectivity index (χ3v) is 8.09. The van der Waals surface area contributed by atoms with Crippen LogP contribution >= 0.6 is 12.6 Å². The van der Waals surface area contributed by atoms with Gasteiger partial charge in [-0.25, -0.2) is 10.1 Å². The van der Waals surface area contributed by atoms with Crippen LogP contribution in [0, 0.1) is 0 Å². The number of piperazine rings is 1. The van der Waals surface area contributed by atoms with Gasteiger partial charge in [0.15, 0.2) is 10.7 Å². The maximum Gasteiger partial charge on any atom is 0.423 e. The number of aliphatic hydroxyl groups is 1. The van der Waals surface area contributed by atoms with E-state index in [1.165, 1.54) is 9.80 Å². The first-order chi connectivity index (χ1) is 20.4. The van der Waals surface area contributed by atoms with Crippen molar-refractivity contribution in [3.8, 4) is 0 Å². The van der Waals surface area contributed by atoms with Crippen LogP contribution in [0.15, 0.2) is 23.3 Å². The normalized spacial score (nSPS) is 20.3. The maximum atomic E-state index is 13.5. The van der Waals surface area contributed by atoms with E-state index in [1.54, 1.807) is 12.0 Å². The topological polar surface area (TPSA) is 144 Å². The fraction of sp³-hybridized carbons (Fsp3) is 0.542. The Labute approximate surface area is 254 Å². The predicted molar refractivity (Wildman–Crippen MR) is 152 cm³/mol. The number of H-pyrrole nitrogens is 1. The molecule has 4 rings (SSSR count). The molecular weight excluding hydrogens is 640 g/mol. The number of aliphatic hydroxyl groups excluding tert-OH is 1. The minimum absolute atomic E-state index is 0.0223. The fourth-order valence-corrected chi connectivity index (χ4v) is 5.95. The van der Waals surface area contributed by atoms with E-state index < -0.39 is 63.2 Å². The highest BCUT2D eigenvalue weighted by Crippen LogP contribution is 2.45. The van der Waals surface area contributed by atoms with Crippen LogP contribution < -0.4 is 20.7 Å². The summed E-state index contributed by atoms with van der Waals surface area (Å²) in [6.45, 7) is 0.369. The number of amides is 2. The number of thiol groups is 1. The molecule has 0 spiro atoms. The number of alkyl halides is 6. The van der Waals surface area contributed by atoms with E-state index in [2.05, 4.69) is 28.0 Å². The molecule has 2 aliphatic heterocycles. The number of carbonyl (C=O) groups is 2. The Balaban J connectivity index is 1.40. The van der Waals surface area contributed by atoms with E-state index in [4.69, 9.17) is 4.74 Å². The van der Waals surface area contributed by atoms with Crippen LogP contribution in [0.3, 0.4) is 0 Å². The molecule has 0 saturated carbocycles. The number of nitrogens with zero attached hydrogens (tertiary/aromatic N) is 5. The molecule has 2 atom stereocenters. The number of nitrogens with one attached hydrogen (secondary N) is 2. The number of carbonyl (C=O) groups excluding carboxylic acids is 2. The van der Waals surface area contributed by atoms with E-state index in [-0.39, 0.29) is 67.6 Å². The molecule has 0 aromatic carbocycles. The largest absolute Gasteiger partial charge is 0.423 e. The standard InChI is InChI=1S/C24H29F6N7O5SSi/c1-21(44,33-14-10-32-34-19(40)17(14)24(28,29)30)12-42-7-2-16(39)35-3-4-37-18-15(8-13(9-31-18)23(25,26)27)36(5-6-38)20(41)22(37,43)11-35/h8-10,38,43H,2-7,11-12H2,1,44H3,(H2,33,34,40)/t21-,22-/m0/s1. The lowest BCUT2D eigenvalue weighted by atomic mass is 10.0. The lowest BCUT2D eigenvalue weighted by molar-refractivity contribution is -0.138. The van der Waals surface area contributed by atoms with Crippen LogP contribution in [-0.2, 0) is 26.7 Å². The summed E-state index contributed by atoms with van der Waals surface area (Å²) in [5.41, 5.74) is -4.51. The third kappa shape index (κ3) is 6.81. The highest BCUT2D eigenvalue weighted by Gasteiger charge is 2.53. The van der Waals surface area contributed by atoms with Crippen molar-refractivity contribution in [3.63, 3.8) is 0 Å². The number of ether oxygens (including phenoxy) is 1. The lowest BCUT2D eigenvalue weighted by Crippen LogP contribution is -2.70. The quantitative estimate of drug-likeness (QED) is 0.129. The maximum absolute atomic E-state index is 13.5. The molecule has 12 nitrogen and oxygen atoms in total. The zero-order chi connectivity index (χ0) is 32.7. The Bertz CT molecular complexity index is 1480. The first-order valence-electron chi connectivity index (χ1n) is 13.2. The van der Waals surface area contributed by atoms with Gasteiger partial charge in [0.05, 0.1) is 55.9 Å². The van der Waals surface area contributed by atoms with Crippen molar-refractivity contribution in [1.82, 2.24) is 20.1 Å². The van der Waals surface area contributed by atoms with Crippen molar-refractivity contribution in [2.75, 3.05) is 61.1 Å². The predicted octanol–water partition coefficient (Wildman–Crippen LogP) is 0.416. The monoisotopic (exact) mass is 669 g/mol. The van der Waals surface area contributed by atoms with Gasteiger partial charge in [-0.1, -0.05) is 0 Å². The van der Waals surface area contributed by atoms with Crippen molar-refractivity contribution < 1.29 is 45.8 Å². The molecule has 3 N–H and O–H groups in total. The molecule has 2 aliphatic rings. The Morgan fingerprint density at radius 3 is 2.55 bits per heavy atom. The number of anilines is 3. The minimum Gasteiger partial charge on any atom is -0.395 e. The number of rotatable bonds is 9. The molecule has 0 aliphatic carbocycles. The Hall–Kier alpha value is -3.36. The van der Waals surface area contributed by atoms with Gasteiger partial charge in [-0.2, -0.15) is 31.4 Å². The highest BCUT2D eigenvalue weighted by molar-refractivity contribution is 7.83. The molecular formula is C24H29F6N7O5SSi. The summed E-state index contributed by atoms with van der Waals surface area (Å²) in [7, 11) is 0.280. The summed E-state index contributed by atoms with van der Waals surface area (Å²) >= 11 is 4.57. The summed E-state index contributed by atoms with van der Waals surface area (Å²) in [6.07, 6.45) is -8.29. The molecule has 2 aromatic rings. The van der Waals surface area contributed by atoms with E-state index in [0.717, 1.165) is 17.2 Å². The number of fused-ring (bicyclic) bond motifs is 3. The van der Waals surface area contributed by atoms with Gasteiger partial charge in [-0.3, -0.25) is 14.4 Å². The van der Waals surface area contributed by atoms with Crippen molar-refractivity contribution in [2.24, 2.45) is 0 Å². The van der Waals surface area contributed by atoms with Gasteiger partial charge >= 0.3 is 12.4 Å². The average Bonchev–Trinajstić information content (AvgIpc) is 2.91. The van der Waals surface area contributed by atoms with Crippen LogP contribution in [0.5, 0.6) is 0 Å². The van der Waals surface area contributed by atoms with Gasteiger partial charge in [-0.15, -0.1) is 12.6 Å². The summed E-state index contributed by atoms with van der Waals surface area (Å²) in [5.74, 6) is -1.10. The number of aromatic amines is 1. The number of halogens is 6. The highest BCUT2D eigenvalue weighted by atomic mass is 32.1. The minimum atomic E-state index is -4.92. The number of aromatic nitrogens is 3. The molecule has 2 aromatic heterocycles. The van der Waals surface area contributed by atoms with Crippen LogP contribution in [0.1, 0.15) is 24.5 Å². The fourth-order valence-electron chi connectivity index (χ4n) is 4.99. The molecule has 1 fully saturated rings. The second-order valence-electron chi connectivity index (χ2n) is 10.8. The third-order valence-electron chi connectivity index (χ3n) is 6.97. The van der Waals surface area contributed by atoms with E-state index in [0.29, 0.717) is 6.20 Å². The van der Waals surface area contributed by atoms with E-state index in [1.807, 2.05) is 0 Å². The van der Waals surface area contributed by atoms with Gasteiger partial charge in [-0.05, 0) is 13.0 Å². The summed E-state index contributed by atoms with van der Waals surface area (Å²) in [4.78, 5) is 44.3. The summed E-state index contributed by atoms with van der Waals surface area (Å²) in [5, 5.41) is 16.4. The zero-order valence-corrected chi connectivity index (χ0v) is 26.3. The molecule has 242 valence electrons. The number of hydrogen-bond donors (Lipinski definition) is 4. The SMILES string of the molecule is C[C@]([SiH3])(COCCC(=O)N1CCN2c3ncc(C(F)(F)F)cc3N(CCO)C(=O)[C@@]2(S)C1)Nc1cn[nH]c(=O)c1C(F)(F)F. The number of pyridine rings is 1. The van der Waals surface area contributed by atoms with Crippen molar-refractivity contribution in [1.29, 1.82) is 0 Å². The summed E-state index contributed by atoms with van der Waals surface area (Å²) in [6, 6.07) is 0.785. The first kappa shape index (κ1) is 33.5. The zero-order valence-electron chi connectivity index (χ0n) is 23.4. The lowest BCUT2D eigenvalue weighted by Gasteiger charge is -2.52. The van der Waals surface area contributed by atoms with Gasteiger partial charge in [0.25, 0.3) is 11.5 Å². The van der Waals surface area contributed by atoms with Crippen molar-refractivity contribution in [2.45, 2.75) is 35.7 Å². The second kappa shape index (κ2) is 12.2. The smallest absolute Gasteiger partial charge is 0.395 e. The Morgan fingerprint density at radius 2 is 1.91 bits per heavy atom. The average molecular weight is 670 g/mol. The van der Waals surface area contributed by atoms with Crippen molar-refractivity contribution >= 4 is 51.9 Å². The second-order valence-corrected chi connectivity index (χ2v) is 13.8. The van der Waals surface area contributed by atoms with Crippen LogP contribution in [0.2, 0.25) is 0 Å². The van der Waals surface area contributed by atoms with Crippen LogP contribution in [0.4, 0.5) is 43.5 Å². The Morgan fingerprint density at radius 1 is 1.20 bits per heavy atom. The molecule has 1 saturated heterocycles. The number of hydrogen-bond acceptors (Lipinski definition) is 10. The first-order valence-corrected chi connectivity index (χ1v) is 14.6. The van der Waals surface area contributed by atoms with Crippen molar-refractivity contribution in [3.05, 3.63) is 39.9 Å². The van der Waals surface area contributed by atoms with E-state index >= 15 is 0 Å². The summed E-state index contributed by atoms with van der Waals surface area (Å²) < 4.78 is 85.7. The van der Waals surface area contributed by atoms with Gasteiger partial charge in [0.1, 0.15) is 5.56 Å². The molecule has 0 bridgehead atoms.